The maximum atomic E-state index is 2.23. The molecule has 0 radical (unpaired) electrons. The van der Waals surface area contributed by atoms with E-state index in [-0.39, 0.29) is 0 Å². The second-order valence-electron chi connectivity index (χ2n) is 3.04. The van der Waals surface area contributed by atoms with E-state index in [0.717, 1.165) is 6.42 Å². The molecular weight excluding hydrogens is 120 g/mol. The lowest BCUT2D eigenvalue weighted by Crippen LogP contribution is -1.78. The Morgan fingerprint density at radius 2 is 1.60 bits per heavy atom. The van der Waals surface area contributed by atoms with Crippen molar-refractivity contribution in [3.05, 3.63) is 22.8 Å². The molecule has 0 unspecified atom stereocenters. The Morgan fingerprint density at radius 1 is 1.10 bits per heavy atom. The maximum absolute atomic E-state index is 2.23. The zero-order chi connectivity index (χ0) is 8.15. The fraction of sp³-hybridized carbons (Fsp3) is 0.600. The standard InChI is InChI=1S/C10H18/c1-6-9(4)10(5)7-8(2)3/h7H,6H2,1-5H3. The van der Waals surface area contributed by atoms with Crippen LogP contribution < -0.4 is 0 Å². The fourth-order valence-electron chi connectivity index (χ4n) is 0.835. The Labute approximate surface area is 64.6 Å². The summed E-state index contributed by atoms with van der Waals surface area (Å²) in [4.78, 5) is 0. The van der Waals surface area contributed by atoms with Crippen LogP contribution in [-0.2, 0) is 0 Å². The quantitative estimate of drug-likeness (QED) is 0.510. The van der Waals surface area contributed by atoms with Gasteiger partial charge in [0.1, 0.15) is 0 Å². The van der Waals surface area contributed by atoms with Gasteiger partial charge in [0, 0.05) is 0 Å². The highest BCUT2D eigenvalue weighted by atomic mass is 14.0. The first-order valence-electron chi connectivity index (χ1n) is 3.89. The summed E-state index contributed by atoms with van der Waals surface area (Å²) >= 11 is 0. The summed E-state index contributed by atoms with van der Waals surface area (Å²) in [6.45, 7) is 10.8. The average Bonchev–Trinajstić information content (AvgIpc) is 1.85. The van der Waals surface area contributed by atoms with Crippen LogP contribution in [-0.4, -0.2) is 0 Å². The zero-order valence-electron chi connectivity index (χ0n) is 7.78. The molecule has 0 N–H and O–H groups in total. The molecule has 0 aromatic carbocycles. The summed E-state index contributed by atoms with van der Waals surface area (Å²) in [5.74, 6) is 0. The summed E-state index contributed by atoms with van der Waals surface area (Å²) in [7, 11) is 0. The number of rotatable bonds is 2. The molecule has 0 aromatic heterocycles. The van der Waals surface area contributed by atoms with E-state index in [9.17, 15) is 0 Å². The Hall–Kier alpha value is -0.520. The van der Waals surface area contributed by atoms with Crippen LogP contribution in [0.25, 0.3) is 0 Å². The van der Waals surface area contributed by atoms with Crippen molar-refractivity contribution in [3.63, 3.8) is 0 Å². The zero-order valence-corrected chi connectivity index (χ0v) is 7.78. The Morgan fingerprint density at radius 3 is 1.90 bits per heavy atom. The lowest BCUT2D eigenvalue weighted by molar-refractivity contribution is 1.07. The molecule has 0 nitrogen and oxygen atoms in total. The van der Waals surface area contributed by atoms with Crippen molar-refractivity contribution in [3.8, 4) is 0 Å². The molecule has 0 aliphatic rings. The number of allylic oxidation sites excluding steroid dienone is 4. The number of hydrogen-bond donors (Lipinski definition) is 0. The van der Waals surface area contributed by atoms with Gasteiger partial charge >= 0.3 is 0 Å². The van der Waals surface area contributed by atoms with Crippen molar-refractivity contribution in [2.45, 2.75) is 41.0 Å². The smallest absolute Gasteiger partial charge is 0.0346 e. The molecule has 0 aromatic rings. The summed E-state index contributed by atoms with van der Waals surface area (Å²) in [5, 5.41) is 0. The van der Waals surface area contributed by atoms with E-state index >= 15 is 0 Å². The Bertz CT molecular complexity index is 155. The average molecular weight is 138 g/mol. The van der Waals surface area contributed by atoms with Crippen LogP contribution in [0.3, 0.4) is 0 Å². The minimum atomic E-state index is 1.16. The van der Waals surface area contributed by atoms with Crippen LogP contribution in [0.5, 0.6) is 0 Å². The van der Waals surface area contributed by atoms with Crippen molar-refractivity contribution in [2.24, 2.45) is 0 Å². The van der Waals surface area contributed by atoms with E-state index in [2.05, 4.69) is 40.7 Å². The second-order valence-corrected chi connectivity index (χ2v) is 3.04. The molecular formula is C10H18. The van der Waals surface area contributed by atoms with Gasteiger partial charge in [-0.1, -0.05) is 29.7 Å². The van der Waals surface area contributed by atoms with E-state index in [1.54, 1.807) is 0 Å². The molecule has 0 aliphatic heterocycles. The normalized spacial score (nSPS) is 12.5. The van der Waals surface area contributed by atoms with Crippen molar-refractivity contribution in [1.29, 1.82) is 0 Å². The molecule has 0 fully saturated rings. The largest absolute Gasteiger partial charge is 0.0762 e. The predicted octanol–water partition coefficient (Wildman–Crippen LogP) is 3.70. The van der Waals surface area contributed by atoms with E-state index in [4.69, 9.17) is 0 Å². The van der Waals surface area contributed by atoms with Crippen LogP contribution in [0, 0.1) is 0 Å². The summed E-state index contributed by atoms with van der Waals surface area (Å²) < 4.78 is 0. The molecule has 0 aliphatic carbocycles. The van der Waals surface area contributed by atoms with Crippen LogP contribution >= 0.6 is 0 Å². The monoisotopic (exact) mass is 138 g/mol. The van der Waals surface area contributed by atoms with Crippen LogP contribution in [0.15, 0.2) is 22.8 Å². The molecule has 0 saturated carbocycles. The van der Waals surface area contributed by atoms with Crippen LogP contribution in [0.1, 0.15) is 41.0 Å². The Balaban J connectivity index is 4.33. The first-order chi connectivity index (χ1) is 4.57. The van der Waals surface area contributed by atoms with Gasteiger partial charge in [-0.05, 0) is 34.1 Å². The third kappa shape index (κ3) is 3.49. The number of hydrogen-bond acceptors (Lipinski definition) is 0. The summed E-state index contributed by atoms with van der Waals surface area (Å²) in [5.41, 5.74) is 4.29. The molecule has 0 bridgehead atoms. The molecule has 0 atom stereocenters. The highest BCUT2D eigenvalue weighted by Crippen LogP contribution is 2.09. The van der Waals surface area contributed by atoms with Crippen molar-refractivity contribution < 1.29 is 0 Å². The van der Waals surface area contributed by atoms with Gasteiger partial charge in [-0.15, -0.1) is 0 Å². The first kappa shape index (κ1) is 9.48. The van der Waals surface area contributed by atoms with Gasteiger partial charge < -0.3 is 0 Å². The highest BCUT2D eigenvalue weighted by Gasteiger charge is 1.89. The topological polar surface area (TPSA) is 0 Å². The summed E-state index contributed by atoms with van der Waals surface area (Å²) in [6, 6.07) is 0. The SMILES string of the molecule is CCC(C)=C(C)C=C(C)C. The van der Waals surface area contributed by atoms with Crippen LogP contribution in [0.2, 0.25) is 0 Å². The van der Waals surface area contributed by atoms with Gasteiger partial charge in [0.25, 0.3) is 0 Å². The second kappa shape index (κ2) is 4.32. The van der Waals surface area contributed by atoms with Gasteiger partial charge in [-0.3, -0.25) is 0 Å². The molecule has 0 spiro atoms. The predicted molar refractivity (Wildman–Crippen MR) is 48.1 cm³/mol. The van der Waals surface area contributed by atoms with E-state index in [1.807, 2.05) is 0 Å². The summed E-state index contributed by atoms with van der Waals surface area (Å²) in [6.07, 6.45) is 3.40. The van der Waals surface area contributed by atoms with Gasteiger partial charge in [-0.2, -0.15) is 0 Å². The molecule has 0 heteroatoms. The maximum Gasteiger partial charge on any atom is -0.0346 e. The van der Waals surface area contributed by atoms with Crippen molar-refractivity contribution in [1.82, 2.24) is 0 Å². The van der Waals surface area contributed by atoms with Crippen LogP contribution in [0.4, 0.5) is 0 Å². The van der Waals surface area contributed by atoms with Gasteiger partial charge in [0.05, 0.1) is 0 Å². The van der Waals surface area contributed by atoms with Crippen molar-refractivity contribution >= 4 is 0 Å². The molecule has 0 heterocycles. The highest BCUT2D eigenvalue weighted by molar-refractivity contribution is 5.24. The lowest BCUT2D eigenvalue weighted by Gasteiger charge is -1.99. The molecule has 0 rings (SSSR count). The van der Waals surface area contributed by atoms with E-state index < -0.39 is 0 Å². The molecule has 0 amide bonds. The van der Waals surface area contributed by atoms with Crippen molar-refractivity contribution in [2.75, 3.05) is 0 Å². The van der Waals surface area contributed by atoms with Gasteiger partial charge in [-0.25, -0.2) is 0 Å². The third-order valence-electron chi connectivity index (χ3n) is 1.71. The van der Waals surface area contributed by atoms with E-state index in [1.165, 1.54) is 16.7 Å². The van der Waals surface area contributed by atoms with Gasteiger partial charge in [0.2, 0.25) is 0 Å². The Kier molecular flexibility index (Phi) is 4.10. The van der Waals surface area contributed by atoms with Gasteiger partial charge in [0.15, 0.2) is 0 Å². The molecule has 58 valence electrons. The van der Waals surface area contributed by atoms with E-state index in [0.29, 0.717) is 0 Å². The third-order valence-corrected chi connectivity index (χ3v) is 1.71. The minimum absolute atomic E-state index is 1.16. The molecule has 10 heavy (non-hydrogen) atoms. The fourth-order valence-corrected chi connectivity index (χ4v) is 0.835. The minimum Gasteiger partial charge on any atom is -0.0762 e. The lowest BCUT2D eigenvalue weighted by atomic mass is 10.1. The first-order valence-corrected chi connectivity index (χ1v) is 3.89. The molecule has 0 saturated heterocycles.